The lowest BCUT2D eigenvalue weighted by atomic mass is 10.1. The van der Waals surface area contributed by atoms with Gasteiger partial charge in [0, 0.05) is 10.1 Å². The molecule has 0 fully saturated rings. The van der Waals surface area contributed by atoms with Gasteiger partial charge in [-0.25, -0.2) is 9.59 Å². The second-order valence-electron chi connectivity index (χ2n) is 8.94. The van der Waals surface area contributed by atoms with E-state index in [1.54, 1.807) is 56.4 Å². The highest BCUT2D eigenvalue weighted by Crippen LogP contribution is 2.28. The standard InChI is InChI=1S/C26H26N2O5S/c1-26(2,3)33-25(31)28-17(12-16-15-34-22-11-7-5-8-18(16)22)14-32-21-13-27-20-10-6-4-9-19(20)23(21)24(29)30/h4-11,13,15,17H,12,14H2,1-3H3,(H,28,31)(H,29,30)/t17-/m1/s1. The second-order valence-corrected chi connectivity index (χ2v) is 9.85. The van der Waals surface area contributed by atoms with Crippen LogP contribution in [0.15, 0.2) is 60.1 Å². The summed E-state index contributed by atoms with van der Waals surface area (Å²) in [6.07, 6.45) is 1.35. The lowest BCUT2D eigenvalue weighted by Crippen LogP contribution is -2.43. The fraction of sp³-hybridized carbons (Fsp3) is 0.269. The first-order chi connectivity index (χ1) is 16.2. The first-order valence-electron chi connectivity index (χ1n) is 10.9. The number of carboxylic acid groups (broad SMARTS) is 1. The summed E-state index contributed by atoms with van der Waals surface area (Å²) in [5, 5.41) is 16.4. The number of rotatable bonds is 7. The molecule has 0 radical (unpaired) electrons. The van der Waals surface area contributed by atoms with Gasteiger partial charge >= 0.3 is 12.1 Å². The lowest BCUT2D eigenvalue weighted by Gasteiger charge is -2.24. The molecule has 4 aromatic rings. The topological polar surface area (TPSA) is 97.8 Å². The summed E-state index contributed by atoms with van der Waals surface area (Å²) in [7, 11) is 0. The Labute approximate surface area is 201 Å². The molecular weight excluding hydrogens is 452 g/mol. The van der Waals surface area contributed by atoms with Crippen molar-refractivity contribution in [3.63, 3.8) is 0 Å². The number of pyridine rings is 1. The normalized spacial score (nSPS) is 12.4. The predicted octanol–water partition coefficient (Wildman–Crippen LogP) is 5.66. The average Bonchev–Trinajstić information content (AvgIpc) is 3.18. The molecule has 176 valence electrons. The van der Waals surface area contributed by atoms with Crippen molar-refractivity contribution in [2.45, 2.75) is 38.8 Å². The Hall–Kier alpha value is -3.65. The van der Waals surface area contributed by atoms with E-state index in [4.69, 9.17) is 9.47 Å². The predicted molar refractivity (Wildman–Crippen MR) is 133 cm³/mol. The summed E-state index contributed by atoms with van der Waals surface area (Å²) in [5.41, 5.74) is 1.03. The summed E-state index contributed by atoms with van der Waals surface area (Å²) in [4.78, 5) is 28.9. The Morgan fingerprint density at radius 2 is 1.79 bits per heavy atom. The molecule has 0 bridgehead atoms. The molecule has 0 aliphatic carbocycles. The highest BCUT2D eigenvalue weighted by atomic mass is 32.1. The van der Waals surface area contributed by atoms with E-state index in [2.05, 4.69) is 21.7 Å². The molecule has 0 saturated carbocycles. The van der Waals surface area contributed by atoms with Crippen LogP contribution in [0.3, 0.4) is 0 Å². The molecule has 0 aliphatic rings. The first-order valence-corrected chi connectivity index (χ1v) is 11.8. The minimum Gasteiger partial charge on any atom is -0.489 e. The Balaban J connectivity index is 1.60. The van der Waals surface area contributed by atoms with Gasteiger partial charge in [-0.3, -0.25) is 4.98 Å². The van der Waals surface area contributed by atoms with E-state index in [1.165, 1.54) is 6.20 Å². The maximum absolute atomic E-state index is 12.5. The van der Waals surface area contributed by atoms with Crippen molar-refractivity contribution in [2.75, 3.05) is 6.61 Å². The Kier molecular flexibility index (Phi) is 6.70. The Morgan fingerprint density at radius 1 is 1.09 bits per heavy atom. The van der Waals surface area contributed by atoms with E-state index in [0.29, 0.717) is 17.3 Å². The van der Waals surface area contributed by atoms with Crippen LogP contribution in [-0.4, -0.2) is 40.4 Å². The molecule has 2 N–H and O–H groups in total. The number of hydrogen-bond donors (Lipinski definition) is 2. The number of nitrogens with one attached hydrogen (secondary N) is 1. The number of ether oxygens (including phenoxy) is 2. The molecule has 8 heteroatoms. The van der Waals surface area contributed by atoms with Gasteiger partial charge in [0.05, 0.1) is 17.8 Å². The molecule has 1 atom stereocenters. The molecule has 0 unspecified atom stereocenters. The zero-order valence-electron chi connectivity index (χ0n) is 19.2. The summed E-state index contributed by atoms with van der Waals surface area (Å²) in [6, 6.07) is 14.6. The molecule has 2 aromatic carbocycles. The molecule has 0 spiro atoms. The fourth-order valence-corrected chi connectivity index (χ4v) is 4.70. The largest absolute Gasteiger partial charge is 0.489 e. The summed E-state index contributed by atoms with van der Waals surface area (Å²) >= 11 is 1.63. The maximum atomic E-state index is 12.5. The molecule has 0 aliphatic heterocycles. The second kappa shape index (κ2) is 9.69. The van der Waals surface area contributed by atoms with Crippen LogP contribution in [0.2, 0.25) is 0 Å². The molecule has 34 heavy (non-hydrogen) atoms. The van der Waals surface area contributed by atoms with E-state index in [0.717, 1.165) is 15.6 Å². The van der Waals surface area contributed by atoms with Crippen LogP contribution in [0.5, 0.6) is 5.75 Å². The molecule has 0 saturated heterocycles. The molecule has 1 amide bonds. The fourth-order valence-electron chi connectivity index (χ4n) is 3.73. The van der Waals surface area contributed by atoms with Crippen LogP contribution in [-0.2, 0) is 11.2 Å². The van der Waals surface area contributed by atoms with Crippen molar-refractivity contribution in [2.24, 2.45) is 0 Å². The van der Waals surface area contributed by atoms with Crippen molar-refractivity contribution in [1.29, 1.82) is 0 Å². The van der Waals surface area contributed by atoms with E-state index in [-0.39, 0.29) is 17.9 Å². The van der Waals surface area contributed by atoms with E-state index in [9.17, 15) is 14.7 Å². The number of carbonyl (C=O) groups is 2. The third-order valence-electron chi connectivity index (χ3n) is 5.14. The number of hydrogen-bond acceptors (Lipinski definition) is 6. The number of benzene rings is 2. The number of nitrogens with zero attached hydrogens (tertiary/aromatic N) is 1. The maximum Gasteiger partial charge on any atom is 0.408 e. The molecule has 2 heterocycles. The average molecular weight is 479 g/mol. The molecule has 4 rings (SSSR count). The van der Waals surface area contributed by atoms with Crippen LogP contribution in [0.25, 0.3) is 21.0 Å². The zero-order valence-corrected chi connectivity index (χ0v) is 20.0. The summed E-state index contributed by atoms with van der Waals surface area (Å²) < 4.78 is 12.5. The minimum atomic E-state index is -1.10. The highest BCUT2D eigenvalue weighted by molar-refractivity contribution is 7.17. The van der Waals surface area contributed by atoms with Gasteiger partial charge in [0.25, 0.3) is 0 Å². The van der Waals surface area contributed by atoms with Gasteiger partial charge < -0.3 is 19.9 Å². The third kappa shape index (κ3) is 5.46. The monoisotopic (exact) mass is 478 g/mol. The van der Waals surface area contributed by atoms with Gasteiger partial charge in [0.2, 0.25) is 0 Å². The number of amides is 1. The highest BCUT2D eigenvalue weighted by Gasteiger charge is 2.23. The summed E-state index contributed by atoms with van der Waals surface area (Å²) in [6.45, 7) is 5.43. The van der Waals surface area contributed by atoms with Crippen molar-refractivity contribution >= 4 is 44.4 Å². The summed E-state index contributed by atoms with van der Waals surface area (Å²) in [5.74, 6) is -0.952. The van der Waals surface area contributed by atoms with Gasteiger partial charge in [0.1, 0.15) is 17.8 Å². The Bertz CT molecular complexity index is 1340. The van der Waals surface area contributed by atoms with E-state index < -0.39 is 23.7 Å². The zero-order chi connectivity index (χ0) is 24.3. The minimum absolute atomic E-state index is 0.0441. The number of aromatic nitrogens is 1. The lowest BCUT2D eigenvalue weighted by molar-refractivity contribution is 0.0485. The van der Waals surface area contributed by atoms with Crippen LogP contribution in [0.4, 0.5) is 4.79 Å². The van der Waals surface area contributed by atoms with Crippen molar-refractivity contribution in [1.82, 2.24) is 10.3 Å². The quantitative estimate of drug-likeness (QED) is 0.356. The van der Waals surface area contributed by atoms with Crippen LogP contribution >= 0.6 is 11.3 Å². The van der Waals surface area contributed by atoms with Crippen molar-refractivity contribution < 1.29 is 24.2 Å². The van der Waals surface area contributed by atoms with Crippen LogP contribution < -0.4 is 10.1 Å². The first kappa shape index (κ1) is 23.5. The number of thiophene rings is 1. The Morgan fingerprint density at radius 3 is 2.53 bits per heavy atom. The number of carboxylic acids is 1. The van der Waals surface area contributed by atoms with Crippen LogP contribution in [0, 0.1) is 0 Å². The molecular formula is C26H26N2O5S. The SMILES string of the molecule is CC(C)(C)OC(=O)N[C@@H](COc1cnc2ccccc2c1C(=O)O)Cc1csc2ccccc12. The number of alkyl carbamates (subject to hydrolysis) is 1. The van der Waals surface area contributed by atoms with E-state index in [1.807, 2.05) is 18.2 Å². The number of carbonyl (C=O) groups excluding carboxylic acids is 1. The van der Waals surface area contributed by atoms with Crippen molar-refractivity contribution in [3.05, 3.63) is 71.2 Å². The number of aromatic carboxylic acids is 1. The van der Waals surface area contributed by atoms with Gasteiger partial charge in [-0.1, -0.05) is 36.4 Å². The van der Waals surface area contributed by atoms with Gasteiger partial charge in [-0.2, -0.15) is 0 Å². The van der Waals surface area contributed by atoms with Crippen molar-refractivity contribution in [3.8, 4) is 5.75 Å². The van der Waals surface area contributed by atoms with E-state index >= 15 is 0 Å². The molecule has 7 nitrogen and oxygen atoms in total. The van der Waals surface area contributed by atoms with Gasteiger partial charge in [0.15, 0.2) is 5.75 Å². The number of para-hydroxylation sites is 1. The van der Waals surface area contributed by atoms with Crippen LogP contribution in [0.1, 0.15) is 36.7 Å². The third-order valence-corrected chi connectivity index (χ3v) is 6.16. The van der Waals surface area contributed by atoms with Gasteiger partial charge in [-0.15, -0.1) is 11.3 Å². The van der Waals surface area contributed by atoms with Gasteiger partial charge in [-0.05, 0) is 55.7 Å². The molecule has 2 aromatic heterocycles. The number of fused-ring (bicyclic) bond motifs is 2. The smallest absolute Gasteiger partial charge is 0.408 e.